The summed E-state index contributed by atoms with van der Waals surface area (Å²) in [6.07, 6.45) is 0. The van der Waals surface area contributed by atoms with Crippen LogP contribution in [0.3, 0.4) is 0 Å². The predicted molar refractivity (Wildman–Crippen MR) is 93.3 cm³/mol. The molecule has 0 amide bonds. The highest BCUT2D eigenvalue weighted by Crippen LogP contribution is 2.46. The molecule has 6 heteroatoms. The molecule has 0 unspecified atom stereocenters. The van der Waals surface area contributed by atoms with E-state index in [1.165, 1.54) is 0 Å². The van der Waals surface area contributed by atoms with E-state index in [0.29, 0.717) is 16.8 Å². The molecule has 1 aromatic heterocycles. The number of hydrogen-bond acceptors (Lipinski definition) is 4. The first-order chi connectivity index (χ1) is 10.1. The molecule has 3 aromatic rings. The maximum absolute atomic E-state index is 10.1. The van der Waals surface area contributed by atoms with Gasteiger partial charge in [-0.1, -0.05) is 12.1 Å². The summed E-state index contributed by atoms with van der Waals surface area (Å²) >= 11 is 8.51. The minimum atomic E-state index is 0.0913. The van der Waals surface area contributed by atoms with E-state index < -0.39 is 0 Å². The van der Waals surface area contributed by atoms with Crippen molar-refractivity contribution in [3.05, 3.63) is 39.3 Å². The Balaban J connectivity index is 2.21. The Bertz CT molecular complexity index is 784. The van der Waals surface area contributed by atoms with Gasteiger partial charge in [0.2, 0.25) is 0 Å². The van der Waals surface area contributed by atoms with E-state index in [9.17, 15) is 5.11 Å². The number of ether oxygens (including phenoxy) is 1. The molecule has 0 bridgehead atoms. The summed E-state index contributed by atoms with van der Waals surface area (Å²) in [7, 11) is 0. The van der Waals surface area contributed by atoms with Crippen molar-refractivity contribution >= 4 is 53.4 Å². The first-order valence-corrected chi connectivity index (χ1v) is 8.71. The van der Waals surface area contributed by atoms with Gasteiger partial charge in [-0.05, 0) is 57.0 Å². The fourth-order valence-corrected chi connectivity index (χ4v) is 4.02. The molecule has 0 fully saturated rings. The van der Waals surface area contributed by atoms with Gasteiger partial charge in [0.25, 0.3) is 0 Å². The molecule has 0 aliphatic carbocycles. The molecular formula is C15H11Br2NO2S. The van der Waals surface area contributed by atoms with E-state index in [2.05, 4.69) is 36.8 Å². The van der Waals surface area contributed by atoms with Crippen molar-refractivity contribution in [2.45, 2.75) is 6.92 Å². The summed E-state index contributed by atoms with van der Waals surface area (Å²) in [5.41, 5.74) is 1.86. The number of rotatable bonds is 3. The average Bonchev–Trinajstić information content (AvgIpc) is 2.91. The molecule has 1 heterocycles. The van der Waals surface area contributed by atoms with Crippen LogP contribution in [0.25, 0.3) is 20.8 Å². The van der Waals surface area contributed by atoms with Crippen molar-refractivity contribution in [2.24, 2.45) is 0 Å². The lowest BCUT2D eigenvalue weighted by Gasteiger charge is -2.11. The molecule has 2 aromatic carbocycles. The van der Waals surface area contributed by atoms with Crippen LogP contribution in [0, 0.1) is 0 Å². The Labute approximate surface area is 142 Å². The zero-order valence-corrected chi connectivity index (χ0v) is 15.0. The number of halogens is 2. The Hall–Kier alpha value is -1.11. The molecule has 0 aliphatic rings. The number of thiazole rings is 1. The number of phenolic OH excluding ortho intramolecular Hbond substituents is 1. The number of fused-ring (bicyclic) bond motifs is 1. The zero-order chi connectivity index (χ0) is 15.0. The standard InChI is InChI=1S/C15H11Br2NO2S/c1-2-20-10-7-8(12(16)13(17)14(10)19)15-18-9-5-3-4-6-11(9)21-15/h3-7,19H,2H2,1H3. The third-order valence-electron chi connectivity index (χ3n) is 2.97. The number of para-hydroxylation sites is 1. The largest absolute Gasteiger partial charge is 0.503 e. The van der Waals surface area contributed by atoms with E-state index >= 15 is 0 Å². The molecule has 0 spiro atoms. The maximum atomic E-state index is 10.1. The Morgan fingerprint density at radius 3 is 2.71 bits per heavy atom. The lowest BCUT2D eigenvalue weighted by Crippen LogP contribution is -1.94. The van der Waals surface area contributed by atoms with E-state index in [1.807, 2.05) is 37.3 Å². The minimum absolute atomic E-state index is 0.0913. The maximum Gasteiger partial charge on any atom is 0.173 e. The number of nitrogens with zero attached hydrogens (tertiary/aromatic N) is 1. The van der Waals surface area contributed by atoms with Gasteiger partial charge in [0.15, 0.2) is 11.5 Å². The predicted octanol–water partition coefficient (Wildman–Crippen LogP) is 5.59. The van der Waals surface area contributed by atoms with Gasteiger partial charge in [-0.3, -0.25) is 0 Å². The highest BCUT2D eigenvalue weighted by atomic mass is 79.9. The van der Waals surface area contributed by atoms with Crippen LogP contribution in [0.1, 0.15) is 6.92 Å². The van der Waals surface area contributed by atoms with Crippen LogP contribution in [0.15, 0.2) is 39.3 Å². The monoisotopic (exact) mass is 427 g/mol. The van der Waals surface area contributed by atoms with Gasteiger partial charge in [0.1, 0.15) is 5.01 Å². The average molecular weight is 429 g/mol. The third-order valence-corrected chi connectivity index (χ3v) is 6.17. The molecule has 108 valence electrons. The Morgan fingerprint density at radius 1 is 1.24 bits per heavy atom. The van der Waals surface area contributed by atoms with Crippen LogP contribution >= 0.6 is 43.2 Å². The van der Waals surface area contributed by atoms with Crippen LogP contribution in [-0.4, -0.2) is 16.7 Å². The first kappa shape index (κ1) is 14.8. The Morgan fingerprint density at radius 2 is 2.00 bits per heavy atom. The van der Waals surface area contributed by atoms with Gasteiger partial charge in [-0.2, -0.15) is 0 Å². The summed E-state index contributed by atoms with van der Waals surface area (Å²) in [5, 5.41) is 11.0. The first-order valence-electron chi connectivity index (χ1n) is 6.31. The highest BCUT2D eigenvalue weighted by molar-refractivity contribution is 9.13. The topological polar surface area (TPSA) is 42.4 Å². The second kappa shape index (κ2) is 5.94. The van der Waals surface area contributed by atoms with Crippen molar-refractivity contribution < 1.29 is 9.84 Å². The van der Waals surface area contributed by atoms with Crippen LogP contribution in [-0.2, 0) is 0 Å². The van der Waals surface area contributed by atoms with Gasteiger partial charge in [-0.15, -0.1) is 11.3 Å². The van der Waals surface area contributed by atoms with Crippen LogP contribution in [0.5, 0.6) is 11.5 Å². The lowest BCUT2D eigenvalue weighted by molar-refractivity contribution is 0.317. The van der Waals surface area contributed by atoms with Crippen molar-refractivity contribution in [1.82, 2.24) is 4.98 Å². The van der Waals surface area contributed by atoms with E-state index in [0.717, 1.165) is 25.3 Å². The molecule has 3 rings (SSSR count). The fourth-order valence-electron chi connectivity index (χ4n) is 2.00. The van der Waals surface area contributed by atoms with Crippen molar-refractivity contribution in [3.8, 4) is 22.1 Å². The molecule has 0 atom stereocenters. The number of aromatic hydroxyl groups is 1. The quantitative estimate of drug-likeness (QED) is 0.590. The molecule has 1 N–H and O–H groups in total. The van der Waals surface area contributed by atoms with Crippen LogP contribution in [0.2, 0.25) is 0 Å². The minimum Gasteiger partial charge on any atom is -0.503 e. The summed E-state index contributed by atoms with van der Waals surface area (Å²) in [4.78, 5) is 4.65. The molecular weight excluding hydrogens is 418 g/mol. The molecule has 21 heavy (non-hydrogen) atoms. The normalized spacial score (nSPS) is 11.0. The third kappa shape index (κ3) is 2.67. The fraction of sp³-hybridized carbons (Fsp3) is 0.133. The smallest absolute Gasteiger partial charge is 0.173 e. The van der Waals surface area contributed by atoms with Crippen LogP contribution < -0.4 is 4.74 Å². The molecule has 0 radical (unpaired) electrons. The van der Waals surface area contributed by atoms with E-state index in [4.69, 9.17) is 4.74 Å². The molecule has 0 aliphatic heterocycles. The second-order valence-corrected chi connectivity index (χ2v) is 6.94. The summed E-state index contributed by atoms with van der Waals surface area (Å²) in [6.45, 7) is 2.37. The van der Waals surface area contributed by atoms with Gasteiger partial charge >= 0.3 is 0 Å². The lowest BCUT2D eigenvalue weighted by atomic mass is 10.2. The van der Waals surface area contributed by atoms with Gasteiger partial charge < -0.3 is 9.84 Å². The van der Waals surface area contributed by atoms with Gasteiger partial charge in [0.05, 0.1) is 21.3 Å². The summed E-state index contributed by atoms with van der Waals surface area (Å²) < 4.78 is 7.95. The van der Waals surface area contributed by atoms with Crippen molar-refractivity contribution in [3.63, 3.8) is 0 Å². The number of hydrogen-bond donors (Lipinski definition) is 1. The van der Waals surface area contributed by atoms with Crippen LogP contribution in [0.4, 0.5) is 0 Å². The second-order valence-electron chi connectivity index (χ2n) is 4.32. The molecule has 0 saturated carbocycles. The van der Waals surface area contributed by atoms with Crippen molar-refractivity contribution in [1.29, 1.82) is 0 Å². The SMILES string of the molecule is CCOc1cc(-c2nc3ccccc3s2)c(Br)c(Br)c1O. The number of benzene rings is 2. The number of aromatic nitrogens is 1. The molecule has 3 nitrogen and oxygen atoms in total. The number of phenols is 1. The van der Waals surface area contributed by atoms with E-state index in [1.54, 1.807) is 11.3 Å². The summed E-state index contributed by atoms with van der Waals surface area (Å²) in [5.74, 6) is 0.537. The highest BCUT2D eigenvalue weighted by Gasteiger charge is 2.18. The molecule has 0 saturated heterocycles. The van der Waals surface area contributed by atoms with Gasteiger partial charge in [0, 0.05) is 10.0 Å². The summed E-state index contributed by atoms with van der Waals surface area (Å²) in [6, 6.07) is 9.81. The van der Waals surface area contributed by atoms with Gasteiger partial charge in [-0.25, -0.2) is 4.98 Å². The van der Waals surface area contributed by atoms with E-state index in [-0.39, 0.29) is 5.75 Å². The Kier molecular flexibility index (Phi) is 4.19. The zero-order valence-electron chi connectivity index (χ0n) is 11.1. The van der Waals surface area contributed by atoms with Crippen molar-refractivity contribution in [2.75, 3.05) is 6.61 Å².